The molecule has 0 saturated carbocycles. The zero-order valence-corrected chi connectivity index (χ0v) is 10.4. The lowest BCUT2D eigenvalue weighted by molar-refractivity contribution is -0.119. The highest BCUT2D eigenvalue weighted by molar-refractivity contribution is 5.94. The molecule has 15 heavy (non-hydrogen) atoms. The predicted molar refractivity (Wildman–Crippen MR) is 65.7 cm³/mol. The average molecular weight is 209 g/mol. The first kappa shape index (κ1) is 13.9. The highest BCUT2D eigenvalue weighted by atomic mass is 16.1. The third-order valence-electron chi connectivity index (χ3n) is 2.97. The molecule has 2 heteroatoms. The molecule has 0 heterocycles. The van der Waals surface area contributed by atoms with Crippen LogP contribution >= 0.6 is 0 Å². The van der Waals surface area contributed by atoms with E-state index in [1.54, 1.807) is 12.2 Å². The molecular weight excluding hydrogens is 186 g/mol. The van der Waals surface area contributed by atoms with Crippen molar-refractivity contribution in [1.29, 1.82) is 0 Å². The van der Waals surface area contributed by atoms with Crippen LogP contribution in [0.4, 0.5) is 0 Å². The van der Waals surface area contributed by atoms with E-state index in [0.717, 1.165) is 24.8 Å². The van der Waals surface area contributed by atoms with Gasteiger partial charge in [-0.15, -0.1) is 0 Å². The van der Waals surface area contributed by atoms with Crippen molar-refractivity contribution in [2.45, 2.75) is 52.5 Å². The Hall–Kier alpha value is -1.05. The summed E-state index contributed by atoms with van der Waals surface area (Å²) in [5.41, 5.74) is 0.699. The van der Waals surface area contributed by atoms with Gasteiger partial charge in [-0.05, 0) is 26.2 Å². The monoisotopic (exact) mass is 209 g/mol. The molecule has 0 aromatic rings. The minimum absolute atomic E-state index is 0.0311. The highest BCUT2D eigenvalue weighted by Crippen LogP contribution is 2.15. The van der Waals surface area contributed by atoms with Crippen LogP contribution in [-0.2, 0) is 4.79 Å². The number of allylic oxidation sites excluding steroid dienone is 2. The summed E-state index contributed by atoms with van der Waals surface area (Å²) in [5.74, 6) is 0.0311. The summed E-state index contributed by atoms with van der Waals surface area (Å²) in [7, 11) is 0. The van der Waals surface area contributed by atoms with Crippen molar-refractivity contribution in [1.82, 2.24) is 5.32 Å². The van der Waals surface area contributed by atoms with Gasteiger partial charge in [-0.2, -0.15) is 0 Å². The van der Waals surface area contributed by atoms with Crippen LogP contribution in [-0.4, -0.2) is 11.4 Å². The number of carbonyl (C=O) groups is 1. The van der Waals surface area contributed by atoms with E-state index in [9.17, 15) is 4.79 Å². The van der Waals surface area contributed by atoms with Gasteiger partial charge in [-0.1, -0.05) is 39.5 Å². The molecule has 0 bridgehead atoms. The Labute approximate surface area is 93.5 Å². The zero-order valence-electron chi connectivity index (χ0n) is 10.4. The van der Waals surface area contributed by atoms with E-state index in [4.69, 9.17) is 0 Å². The second kappa shape index (κ2) is 6.44. The summed E-state index contributed by atoms with van der Waals surface area (Å²) < 4.78 is 0. The fourth-order valence-electron chi connectivity index (χ4n) is 1.28. The summed E-state index contributed by atoms with van der Waals surface area (Å²) in [6.45, 7) is 11.8. The smallest absolute Gasteiger partial charge is 0.247 e. The Morgan fingerprint density at radius 1 is 1.33 bits per heavy atom. The molecular formula is C13H23NO. The van der Waals surface area contributed by atoms with E-state index in [0.29, 0.717) is 0 Å². The van der Waals surface area contributed by atoms with Crippen LogP contribution in [0.2, 0.25) is 0 Å². The zero-order chi connectivity index (χ0) is 11.9. The Morgan fingerprint density at radius 2 is 1.87 bits per heavy atom. The van der Waals surface area contributed by atoms with Gasteiger partial charge in [0.1, 0.15) is 0 Å². The third kappa shape index (κ3) is 4.32. The van der Waals surface area contributed by atoms with Gasteiger partial charge >= 0.3 is 0 Å². The molecule has 0 aliphatic rings. The Bertz CT molecular complexity index is 249. The van der Waals surface area contributed by atoms with Gasteiger partial charge in [0.25, 0.3) is 0 Å². The molecule has 0 aliphatic heterocycles. The van der Waals surface area contributed by atoms with Crippen LogP contribution in [0.1, 0.15) is 47.0 Å². The molecule has 0 rings (SSSR count). The number of nitrogens with one attached hydrogen (secondary N) is 1. The molecule has 0 radical (unpaired) electrons. The molecule has 0 saturated heterocycles. The van der Waals surface area contributed by atoms with Gasteiger partial charge in [0.2, 0.25) is 5.91 Å². The molecule has 0 aliphatic carbocycles. The van der Waals surface area contributed by atoms with E-state index in [2.05, 4.69) is 32.7 Å². The molecule has 2 nitrogen and oxygen atoms in total. The summed E-state index contributed by atoms with van der Waals surface area (Å²) in [5, 5.41) is 3.07. The molecule has 1 N–H and O–H groups in total. The molecule has 0 aromatic carbocycles. The van der Waals surface area contributed by atoms with E-state index in [1.165, 1.54) is 0 Å². The minimum Gasteiger partial charge on any atom is -0.347 e. The Morgan fingerprint density at radius 3 is 2.20 bits per heavy atom. The van der Waals surface area contributed by atoms with Gasteiger partial charge < -0.3 is 5.32 Å². The van der Waals surface area contributed by atoms with Crippen LogP contribution in [0.5, 0.6) is 0 Å². The number of rotatable bonds is 6. The Kier molecular flexibility index (Phi) is 5.99. The highest BCUT2D eigenvalue weighted by Gasteiger charge is 2.22. The molecule has 86 valence electrons. The minimum atomic E-state index is -0.0908. The maximum atomic E-state index is 11.9. The van der Waals surface area contributed by atoms with Crippen molar-refractivity contribution in [3.8, 4) is 0 Å². The third-order valence-corrected chi connectivity index (χ3v) is 2.97. The van der Waals surface area contributed by atoms with E-state index < -0.39 is 0 Å². The molecule has 0 aromatic heterocycles. The van der Waals surface area contributed by atoms with Crippen molar-refractivity contribution in [3.63, 3.8) is 0 Å². The van der Waals surface area contributed by atoms with Crippen molar-refractivity contribution in [3.05, 3.63) is 24.3 Å². The van der Waals surface area contributed by atoms with Gasteiger partial charge in [-0.25, -0.2) is 0 Å². The topological polar surface area (TPSA) is 29.1 Å². The van der Waals surface area contributed by atoms with E-state index >= 15 is 0 Å². The fourth-order valence-corrected chi connectivity index (χ4v) is 1.28. The van der Waals surface area contributed by atoms with Crippen LogP contribution in [0.3, 0.4) is 0 Å². The van der Waals surface area contributed by atoms with Crippen LogP contribution in [0, 0.1) is 0 Å². The second-order valence-electron chi connectivity index (χ2n) is 4.00. The lowest BCUT2D eigenvalue weighted by Gasteiger charge is -2.28. The van der Waals surface area contributed by atoms with Crippen LogP contribution in [0.15, 0.2) is 24.3 Å². The molecule has 1 amide bonds. The van der Waals surface area contributed by atoms with E-state index in [-0.39, 0.29) is 11.4 Å². The summed E-state index contributed by atoms with van der Waals surface area (Å²) in [6, 6.07) is 0. The largest absolute Gasteiger partial charge is 0.347 e. The lowest BCUT2D eigenvalue weighted by atomic mass is 9.95. The predicted octanol–water partition coefficient (Wildman–Crippen LogP) is 3.20. The summed E-state index contributed by atoms with van der Waals surface area (Å²) in [6.07, 6.45) is 6.07. The first-order valence-corrected chi connectivity index (χ1v) is 5.67. The van der Waals surface area contributed by atoms with Gasteiger partial charge in [0, 0.05) is 11.1 Å². The standard InChI is InChI=1S/C13H23NO/c1-6-10-11(7-2)12(15)14-13(5,8-3)9-4/h6,10H,1,7-9H2,2-5H3,(H,14,15)/b11-10+. The molecule has 0 atom stereocenters. The number of hydrogen-bond acceptors (Lipinski definition) is 1. The quantitative estimate of drug-likeness (QED) is 0.528. The van der Waals surface area contributed by atoms with Gasteiger partial charge in [0.05, 0.1) is 0 Å². The fraction of sp³-hybridized carbons (Fsp3) is 0.615. The molecule has 0 fully saturated rings. The first-order chi connectivity index (χ1) is 7.02. The summed E-state index contributed by atoms with van der Waals surface area (Å²) >= 11 is 0. The Balaban J connectivity index is 4.59. The number of amides is 1. The van der Waals surface area contributed by atoms with Crippen LogP contribution < -0.4 is 5.32 Å². The van der Waals surface area contributed by atoms with Crippen molar-refractivity contribution < 1.29 is 4.79 Å². The second-order valence-corrected chi connectivity index (χ2v) is 4.00. The maximum absolute atomic E-state index is 11.9. The molecule has 0 spiro atoms. The number of carbonyl (C=O) groups excluding carboxylic acids is 1. The van der Waals surface area contributed by atoms with Gasteiger partial charge in [0.15, 0.2) is 0 Å². The first-order valence-electron chi connectivity index (χ1n) is 5.67. The van der Waals surface area contributed by atoms with Crippen molar-refractivity contribution in [2.24, 2.45) is 0 Å². The van der Waals surface area contributed by atoms with E-state index in [1.807, 2.05) is 6.92 Å². The molecule has 0 unspecified atom stereocenters. The maximum Gasteiger partial charge on any atom is 0.247 e. The van der Waals surface area contributed by atoms with Crippen molar-refractivity contribution in [2.75, 3.05) is 0 Å². The van der Waals surface area contributed by atoms with Crippen LogP contribution in [0.25, 0.3) is 0 Å². The van der Waals surface area contributed by atoms with Crippen molar-refractivity contribution >= 4 is 5.91 Å². The average Bonchev–Trinajstić information content (AvgIpc) is 2.25. The van der Waals surface area contributed by atoms with Gasteiger partial charge in [-0.3, -0.25) is 4.79 Å². The number of hydrogen-bond donors (Lipinski definition) is 1. The lowest BCUT2D eigenvalue weighted by Crippen LogP contribution is -2.45. The summed E-state index contributed by atoms with van der Waals surface area (Å²) in [4.78, 5) is 11.9. The SMILES string of the molecule is C=C/C=C(\CC)C(=O)NC(C)(CC)CC. The normalized spacial score (nSPS) is 12.4.